The summed E-state index contributed by atoms with van der Waals surface area (Å²) in [4.78, 5) is 22.8. The van der Waals surface area contributed by atoms with Crippen LogP contribution >= 0.6 is 0 Å². The Morgan fingerprint density at radius 2 is 2.50 bits per heavy atom. The zero-order valence-corrected chi connectivity index (χ0v) is 6.40. The number of nitrogens with zero attached hydrogens (tertiary/aromatic N) is 3. The van der Waals surface area contributed by atoms with Gasteiger partial charge in [0.25, 0.3) is 5.91 Å². The van der Waals surface area contributed by atoms with Crippen molar-refractivity contribution in [1.29, 1.82) is 0 Å². The Morgan fingerprint density at radius 3 is 3.25 bits per heavy atom. The summed E-state index contributed by atoms with van der Waals surface area (Å²) in [5, 5.41) is 5.39. The first kappa shape index (κ1) is 7.11. The van der Waals surface area contributed by atoms with Gasteiger partial charge in [0.1, 0.15) is 6.34 Å². The first-order valence-corrected chi connectivity index (χ1v) is 3.48. The Labute approximate surface area is 68.5 Å². The number of carbonyl (C=O) groups excluding carboxylic acids is 1. The van der Waals surface area contributed by atoms with Gasteiger partial charge in [0.15, 0.2) is 17.8 Å². The van der Waals surface area contributed by atoms with Crippen molar-refractivity contribution in [3.8, 4) is 0 Å². The van der Waals surface area contributed by atoms with Crippen LogP contribution in [0.25, 0.3) is 0 Å². The predicted octanol–water partition coefficient (Wildman–Crippen LogP) is -1.50. The number of carbonyl (C=O) groups is 1. The third kappa shape index (κ3) is 0.928. The van der Waals surface area contributed by atoms with Crippen molar-refractivity contribution >= 4 is 23.8 Å². The van der Waals surface area contributed by atoms with E-state index in [4.69, 9.17) is 0 Å². The molecule has 0 saturated heterocycles. The van der Waals surface area contributed by atoms with Gasteiger partial charge in [-0.05, 0) is 7.05 Å². The Hall–Kier alpha value is -1.56. The standard InChI is InChI=1S/C6H7N5O/c1-7-6-10-4-3(5(12)11-6)8-2-9-4/h2,6-7H,1H3,(H,11,12)/t6-/m0/s1. The van der Waals surface area contributed by atoms with E-state index in [0.29, 0.717) is 11.5 Å². The zero-order chi connectivity index (χ0) is 8.55. The lowest BCUT2D eigenvalue weighted by molar-refractivity contribution is -0.115. The van der Waals surface area contributed by atoms with Crippen LogP contribution in [-0.2, 0) is 4.79 Å². The number of aliphatic imine (C=N–C) groups is 3. The minimum atomic E-state index is -0.387. The number of amides is 1. The van der Waals surface area contributed by atoms with E-state index in [2.05, 4.69) is 25.6 Å². The second-order valence-corrected chi connectivity index (χ2v) is 2.34. The molecule has 0 bridgehead atoms. The summed E-state index contributed by atoms with van der Waals surface area (Å²) in [6.07, 6.45) is 0.938. The van der Waals surface area contributed by atoms with Crippen LogP contribution in [0.2, 0.25) is 0 Å². The molecule has 2 N–H and O–H groups in total. The van der Waals surface area contributed by atoms with Crippen molar-refractivity contribution < 1.29 is 4.79 Å². The van der Waals surface area contributed by atoms with E-state index >= 15 is 0 Å². The Balaban J connectivity index is 2.35. The fourth-order valence-electron chi connectivity index (χ4n) is 0.999. The second-order valence-electron chi connectivity index (χ2n) is 2.34. The highest BCUT2D eigenvalue weighted by Crippen LogP contribution is 2.02. The fourth-order valence-corrected chi connectivity index (χ4v) is 0.999. The van der Waals surface area contributed by atoms with Crippen LogP contribution in [0, 0.1) is 0 Å². The number of hydrogen-bond donors (Lipinski definition) is 2. The smallest absolute Gasteiger partial charge is 0.276 e. The molecule has 0 aromatic carbocycles. The highest BCUT2D eigenvalue weighted by atomic mass is 16.2. The van der Waals surface area contributed by atoms with Gasteiger partial charge in [-0.25, -0.2) is 15.0 Å². The molecule has 0 fully saturated rings. The van der Waals surface area contributed by atoms with Gasteiger partial charge in [0.2, 0.25) is 0 Å². The highest BCUT2D eigenvalue weighted by molar-refractivity contribution is 6.69. The summed E-state index contributed by atoms with van der Waals surface area (Å²) in [5.74, 6) is 0.162. The lowest BCUT2D eigenvalue weighted by Gasteiger charge is -2.18. The SMILES string of the molecule is CN[C@H]1N=C2N=CN=C2C(=O)N1. The van der Waals surface area contributed by atoms with Crippen LogP contribution in [0.15, 0.2) is 15.0 Å². The maximum Gasteiger partial charge on any atom is 0.276 e. The van der Waals surface area contributed by atoms with Gasteiger partial charge in [-0.2, -0.15) is 0 Å². The summed E-state index contributed by atoms with van der Waals surface area (Å²) in [5.41, 5.74) is 0.293. The topological polar surface area (TPSA) is 78.2 Å². The highest BCUT2D eigenvalue weighted by Gasteiger charge is 2.27. The lowest BCUT2D eigenvalue weighted by Crippen LogP contribution is -2.50. The van der Waals surface area contributed by atoms with Gasteiger partial charge in [0, 0.05) is 0 Å². The first-order valence-electron chi connectivity index (χ1n) is 3.48. The Kier molecular flexibility index (Phi) is 1.47. The van der Waals surface area contributed by atoms with Crippen LogP contribution in [0.4, 0.5) is 0 Å². The fraction of sp³-hybridized carbons (Fsp3) is 0.333. The van der Waals surface area contributed by atoms with Gasteiger partial charge >= 0.3 is 0 Å². The normalized spacial score (nSPS) is 26.1. The largest absolute Gasteiger partial charge is 0.316 e. The number of hydrogen-bond acceptors (Lipinski definition) is 5. The summed E-state index contributed by atoms with van der Waals surface area (Å²) in [6, 6.07) is 0. The number of rotatable bonds is 1. The minimum absolute atomic E-state index is 0.239. The summed E-state index contributed by atoms with van der Waals surface area (Å²) >= 11 is 0. The summed E-state index contributed by atoms with van der Waals surface area (Å²) < 4.78 is 0. The minimum Gasteiger partial charge on any atom is -0.316 e. The molecule has 12 heavy (non-hydrogen) atoms. The van der Waals surface area contributed by atoms with Gasteiger partial charge < -0.3 is 5.32 Å². The van der Waals surface area contributed by atoms with Gasteiger partial charge in [0.05, 0.1) is 0 Å². The number of nitrogens with one attached hydrogen (secondary N) is 2. The van der Waals surface area contributed by atoms with Crippen LogP contribution in [0.3, 0.4) is 0 Å². The van der Waals surface area contributed by atoms with Crippen molar-refractivity contribution in [2.24, 2.45) is 15.0 Å². The van der Waals surface area contributed by atoms with E-state index in [1.807, 2.05) is 0 Å². The second kappa shape index (κ2) is 2.49. The van der Waals surface area contributed by atoms with Crippen molar-refractivity contribution in [2.45, 2.75) is 6.29 Å². The molecule has 0 radical (unpaired) electrons. The van der Waals surface area contributed by atoms with Crippen molar-refractivity contribution in [2.75, 3.05) is 7.05 Å². The third-order valence-electron chi connectivity index (χ3n) is 1.59. The monoisotopic (exact) mass is 165 g/mol. The van der Waals surface area contributed by atoms with Crippen molar-refractivity contribution in [3.63, 3.8) is 0 Å². The molecule has 2 aliphatic rings. The molecule has 0 aliphatic carbocycles. The third-order valence-corrected chi connectivity index (χ3v) is 1.59. The predicted molar refractivity (Wildman–Crippen MR) is 44.4 cm³/mol. The molecule has 0 saturated carbocycles. The maximum absolute atomic E-state index is 11.2. The Morgan fingerprint density at radius 1 is 1.67 bits per heavy atom. The zero-order valence-electron chi connectivity index (χ0n) is 6.40. The molecule has 0 spiro atoms. The molecule has 0 aromatic rings. The molecule has 6 nitrogen and oxygen atoms in total. The average Bonchev–Trinajstić information content (AvgIpc) is 2.52. The van der Waals surface area contributed by atoms with Crippen LogP contribution in [0.1, 0.15) is 0 Å². The summed E-state index contributed by atoms with van der Waals surface area (Å²) in [7, 11) is 1.70. The lowest BCUT2D eigenvalue weighted by atomic mass is 10.3. The number of fused-ring (bicyclic) bond motifs is 1. The van der Waals surface area contributed by atoms with E-state index < -0.39 is 0 Å². The van der Waals surface area contributed by atoms with Crippen LogP contribution < -0.4 is 10.6 Å². The first-order chi connectivity index (χ1) is 5.81. The summed E-state index contributed by atoms with van der Waals surface area (Å²) in [6.45, 7) is 0. The van der Waals surface area contributed by atoms with E-state index in [1.54, 1.807) is 7.05 Å². The van der Waals surface area contributed by atoms with Gasteiger partial charge in [-0.15, -0.1) is 0 Å². The van der Waals surface area contributed by atoms with Crippen LogP contribution in [-0.4, -0.2) is 37.1 Å². The molecule has 0 aromatic heterocycles. The van der Waals surface area contributed by atoms with E-state index in [9.17, 15) is 4.79 Å². The molecular formula is C6H7N5O. The molecule has 1 atom stereocenters. The molecule has 2 aliphatic heterocycles. The molecule has 0 unspecified atom stereocenters. The van der Waals surface area contributed by atoms with Crippen LogP contribution in [0.5, 0.6) is 0 Å². The van der Waals surface area contributed by atoms with Gasteiger partial charge in [-0.1, -0.05) is 0 Å². The molecule has 2 rings (SSSR count). The molecule has 62 valence electrons. The van der Waals surface area contributed by atoms with E-state index in [0.717, 1.165) is 0 Å². The van der Waals surface area contributed by atoms with Crippen molar-refractivity contribution in [1.82, 2.24) is 10.6 Å². The van der Waals surface area contributed by atoms with E-state index in [1.165, 1.54) is 6.34 Å². The number of amidine groups is 1. The van der Waals surface area contributed by atoms with Crippen molar-refractivity contribution in [3.05, 3.63) is 0 Å². The molecule has 6 heteroatoms. The van der Waals surface area contributed by atoms with E-state index in [-0.39, 0.29) is 12.2 Å². The molecule has 1 amide bonds. The Bertz CT molecular complexity index is 316. The van der Waals surface area contributed by atoms with Gasteiger partial charge in [-0.3, -0.25) is 10.1 Å². The molecular weight excluding hydrogens is 158 g/mol. The quantitative estimate of drug-likeness (QED) is 0.496. The maximum atomic E-state index is 11.2. The average molecular weight is 165 g/mol. The molecule has 2 heterocycles.